The van der Waals surface area contributed by atoms with Gasteiger partial charge in [-0.2, -0.15) is 9.57 Å². The standard InChI is InChI=1S/C15H21N3O2S/c1-3-4-13-5-6-15(14(11-13)12-16)17-7-9-18(10-8-17)21(2,19)20/h5-6,11H,3-4,7-10H2,1-2H3. The summed E-state index contributed by atoms with van der Waals surface area (Å²) >= 11 is 0. The van der Waals surface area contributed by atoms with E-state index in [0.717, 1.165) is 18.5 Å². The zero-order valence-corrected chi connectivity index (χ0v) is 13.4. The maximum Gasteiger partial charge on any atom is 0.211 e. The van der Waals surface area contributed by atoms with E-state index in [0.29, 0.717) is 31.7 Å². The summed E-state index contributed by atoms with van der Waals surface area (Å²) < 4.78 is 24.5. The Bertz CT molecular complexity index is 641. The minimum absolute atomic E-state index is 0.473. The predicted molar refractivity (Wildman–Crippen MR) is 83.8 cm³/mol. The first-order chi connectivity index (χ1) is 9.95. The van der Waals surface area contributed by atoms with Crippen molar-refractivity contribution in [1.82, 2.24) is 4.31 Å². The maximum atomic E-state index is 11.5. The molecule has 1 saturated heterocycles. The van der Waals surface area contributed by atoms with Crippen molar-refractivity contribution in [2.75, 3.05) is 37.3 Å². The van der Waals surface area contributed by atoms with E-state index in [1.54, 1.807) is 0 Å². The molecule has 0 atom stereocenters. The minimum Gasteiger partial charge on any atom is -0.368 e. The molecule has 6 heteroatoms. The zero-order chi connectivity index (χ0) is 15.5. The zero-order valence-electron chi connectivity index (χ0n) is 12.5. The van der Waals surface area contributed by atoms with Crippen LogP contribution in [-0.2, 0) is 16.4 Å². The van der Waals surface area contributed by atoms with Crippen molar-refractivity contribution >= 4 is 15.7 Å². The highest BCUT2D eigenvalue weighted by atomic mass is 32.2. The molecule has 0 bridgehead atoms. The highest BCUT2D eigenvalue weighted by Crippen LogP contribution is 2.24. The van der Waals surface area contributed by atoms with Gasteiger partial charge in [-0.25, -0.2) is 8.42 Å². The van der Waals surface area contributed by atoms with Crippen LogP contribution in [0.3, 0.4) is 0 Å². The Kier molecular flexibility index (Phi) is 4.86. The Balaban J connectivity index is 2.15. The predicted octanol–water partition coefficient (Wildman–Crippen LogP) is 1.59. The fraction of sp³-hybridized carbons (Fsp3) is 0.533. The van der Waals surface area contributed by atoms with Crippen LogP contribution in [0.2, 0.25) is 0 Å². The van der Waals surface area contributed by atoms with Crippen LogP contribution in [0.4, 0.5) is 5.69 Å². The Hall–Kier alpha value is -1.58. The van der Waals surface area contributed by atoms with Crippen molar-refractivity contribution in [3.8, 4) is 6.07 Å². The van der Waals surface area contributed by atoms with Gasteiger partial charge in [0.15, 0.2) is 0 Å². The molecule has 0 radical (unpaired) electrons. The van der Waals surface area contributed by atoms with Crippen molar-refractivity contribution in [2.45, 2.75) is 19.8 Å². The van der Waals surface area contributed by atoms with Gasteiger partial charge in [0.1, 0.15) is 6.07 Å². The SMILES string of the molecule is CCCc1ccc(N2CCN(S(C)(=O)=O)CC2)c(C#N)c1. The normalized spacial score (nSPS) is 16.7. The van der Waals surface area contributed by atoms with Crippen LogP contribution in [0.15, 0.2) is 18.2 Å². The Morgan fingerprint density at radius 2 is 1.90 bits per heavy atom. The van der Waals surface area contributed by atoms with Gasteiger partial charge in [0.05, 0.1) is 17.5 Å². The summed E-state index contributed by atoms with van der Waals surface area (Å²) in [5, 5.41) is 9.34. The number of rotatable bonds is 4. The van der Waals surface area contributed by atoms with Crippen LogP contribution in [0.1, 0.15) is 24.5 Å². The van der Waals surface area contributed by atoms with E-state index in [2.05, 4.69) is 24.0 Å². The highest BCUT2D eigenvalue weighted by Gasteiger charge is 2.24. The summed E-state index contributed by atoms with van der Waals surface area (Å²) in [6.07, 6.45) is 3.26. The highest BCUT2D eigenvalue weighted by molar-refractivity contribution is 7.88. The molecule has 0 amide bonds. The Labute approximate surface area is 126 Å². The molecule has 0 aromatic heterocycles. The van der Waals surface area contributed by atoms with E-state index in [1.807, 2.05) is 12.1 Å². The molecule has 0 unspecified atom stereocenters. The first-order valence-electron chi connectivity index (χ1n) is 7.18. The molecule has 1 aromatic rings. The first-order valence-corrected chi connectivity index (χ1v) is 9.03. The van der Waals surface area contributed by atoms with Gasteiger partial charge in [-0.1, -0.05) is 19.4 Å². The van der Waals surface area contributed by atoms with Crippen LogP contribution in [0.5, 0.6) is 0 Å². The third-order valence-corrected chi connectivity index (χ3v) is 5.07. The molecule has 2 rings (SSSR count). The van der Waals surface area contributed by atoms with Crippen molar-refractivity contribution in [3.63, 3.8) is 0 Å². The summed E-state index contributed by atoms with van der Waals surface area (Å²) in [7, 11) is -3.12. The molecule has 0 aliphatic carbocycles. The first kappa shape index (κ1) is 15.8. The number of hydrogen-bond acceptors (Lipinski definition) is 4. The fourth-order valence-corrected chi connectivity index (χ4v) is 3.48. The third-order valence-electron chi connectivity index (χ3n) is 3.77. The summed E-state index contributed by atoms with van der Waals surface area (Å²) in [5.74, 6) is 0. The summed E-state index contributed by atoms with van der Waals surface area (Å²) in [4.78, 5) is 2.09. The number of anilines is 1. The number of sulfonamides is 1. The molecular formula is C15H21N3O2S. The second kappa shape index (κ2) is 6.46. The lowest BCUT2D eigenvalue weighted by Crippen LogP contribution is -2.48. The lowest BCUT2D eigenvalue weighted by molar-refractivity contribution is 0.388. The van der Waals surface area contributed by atoms with Crippen molar-refractivity contribution in [1.29, 1.82) is 5.26 Å². The molecule has 114 valence electrons. The molecule has 1 aliphatic rings. The second-order valence-electron chi connectivity index (χ2n) is 5.36. The van der Waals surface area contributed by atoms with Gasteiger partial charge in [0.2, 0.25) is 10.0 Å². The molecular weight excluding hydrogens is 286 g/mol. The number of benzene rings is 1. The van der Waals surface area contributed by atoms with E-state index in [4.69, 9.17) is 0 Å². The topological polar surface area (TPSA) is 64.4 Å². The van der Waals surface area contributed by atoms with Gasteiger partial charge >= 0.3 is 0 Å². The molecule has 0 N–H and O–H groups in total. The lowest BCUT2D eigenvalue weighted by Gasteiger charge is -2.35. The van der Waals surface area contributed by atoms with Crippen LogP contribution >= 0.6 is 0 Å². The molecule has 1 heterocycles. The van der Waals surface area contributed by atoms with Crippen LogP contribution in [0.25, 0.3) is 0 Å². The van der Waals surface area contributed by atoms with Gasteiger partial charge in [-0.15, -0.1) is 0 Å². The molecule has 1 aromatic carbocycles. The smallest absolute Gasteiger partial charge is 0.211 e. The van der Waals surface area contributed by atoms with E-state index in [1.165, 1.54) is 16.1 Å². The van der Waals surface area contributed by atoms with Crippen molar-refractivity contribution < 1.29 is 8.42 Å². The molecule has 0 spiro atoms. The average molecular weight is 307 g/mol. The van der Waals surface area contributed by atoms with Gasteiger partial charge in [0.25, 0.3) is 0 Å². The van der Waals surface area contributed by atoms with E-state index < -0.39 is 10.0 Å². The van der Waals surface area contributed by atoms with E-state index in [-0.39, 0.29) is 0 Å². The van der Waals surface area contributed by atoms with Gasteiger partial charge < -0.3 is 4.90 Å². The number of hydrogen-bond donors (Lipinski definition) is 0. The second-order valence-corrected chi connectivity index (χ2v) is 7.34. The molecule has 1 fully saturated rings. The summed E-state index contributed by atoms with van der Waals surface area (Å²) in [6.45, 7) is 4.30. The Morgan fingerprint density at radius 1 is 1.24 bits per heavy atom. The molecule has 1 aliphatic heterocycles. The lowest BCUT2D eigenvalue weighted by atomic mass is 10.0. The van der Waals surface area contributed by atoms with Gasteiger partial charge in [0, 0.05) is 26.2 Å². The minimum atomic E-state index is -3.12. The van der Waals surface area contributed by atoms with Crippen molar-refractivity contribution in [2.24, 2.45) is 0 Å². The molecule has 0 saturated carbocycles. The maximum absolute atomic E-state index is 11.5. The van der Waals surface area contributed by atoms with Crippen LogP contribution in [-0.4, -0.2) is 45.2 Å². The van der Waals surface area contributed by atoms with Gasteiger partial charge in [-0.05, 0) is 24.1 Å². The van der Waals surface area contributed by atoms with E-state index in [9.17, 15) is 13.7 Å². The third kappa shape index (κ3) is 3.74. The molecule has 5 nitrogen and oxygen atoms in total. The largest absolute Gasteiger partial charge is 0.368 e. The summed E-state index contributed by atoms with van der Waals surface area (Å²) in [6, 6.07) is 8.25. The number of piperazine rings is 1. The molecule has 21 heavy (non-hydrogen) atoms. The van der Waals surface area contributed by atoms with Gasteiger partial charge in [-0.3, -0.25) is 0 Å². The quantitative estimate of drug-likeness (QED) is 0.847. The average Bonchev–Trinajstić information content (AvgIpc) is 2.47. The van der Waals surface area contributed by atoms with Crippen LogP contribution < -0.4 is 4.90 Å². The Morgan fingerprint density at radius 3 is 2.43 bits per heavy atom. The number of aryl methyl sites for hydroxylation is 1. The van der Waals surface area contributed by atoms with Crippen LogP contribution in [0, 0.1) is 11.3 Å². The number of nitriles is 1. The van der Waals surface area contributed by atoms with E-state index >= 15 is 0 Å². The number of nitrogens with zero attached hydrogens (tertiary/aromatic N) is 3. The van der Waals surface area contributed by atoms with Crippen molar-refractivity contribution in [3.05, 3.63) is 29.3 Å². The monoisotopic (exact) mass is 307 g/mol. The summed E-state index contributed by atoms with van der Waals surface area (Å²) in [5.41, 5.74) is 2.76. The fourth-order valence-electron chi connectivity index (χ4n) is 2.65.